The van der Waals surface area contributed by atoms with E-state index in [2.05, 4.69) is 0 Å². The molecule has 2 amide bonds. The number of fused-ring (bicyclic) bond motifs is 1. The smallest absolute Gasteiger partial charge is 0.410 e. The average molecular weight is 413 g/mol. The Bertz CT molecular complexity index is 899. The molecule has 0 unspecified atom stereocenters. The number of hydrogen-bond acceptors (Lipinski definition) is 6. The zero-order chi connectivity index (χ0) is 21.7. The van der Waals surface area contributed by atoms with E-state index in [1.807, 2.05) is 24.3 Å². The second-order valence-corrected chi connectivity index (χ2v) is 7.13. The predicted octanol–water partition coefficient (Wildman–Crippen LogP) is 3.30. The molecule has 0 saturated carbocycles. The lowest BCUT2D eigenvalue weighted by Crippen LogP contribution is -2.39. The van der Waals surface area contributed by atoms with E-state index in [0.717, 1.165) is 24.0 Å². The van der Waals surface area contributed by atoms with Crippen LogP contribution >= 0.6 is 0 Å². The molecule has 0 N–H and O–H groups in total. The highest BCUT2D eigenvalue weighted by Gasteiger charge is 2.29. The van der Waals surface area contributed by atoms with Gasteiger partial charge in [0.25, 0.3) is 0 Å². The van der Waals surface area contributed by atoms with Crippen molar-refractivity contribution in [2.24, 2.45) is 0 Å². The SMILES string of the molecule is COC(OC)c1nc2c(cc1CN(C)C(C)=O)CCCN2C(=O)Oc1ccccc1. The highest BCUT2D eigenvalue weighted by atomic mass is 16.7. The lowest BCUT2D eigenvalue weighted by molar-refractivity contribution is -0.128. The molecule has 1 aliphatic heterocycles. The minimum atomic E-state index is -0.723. The maximum atomic E-state index is 12.9. The molecule has 0 atom stereocenters. The van der Waals surface area contributed by atoms with Gasteiger partial charge in [0.15, 0.2) is 0 Å². The van der Waals surface area contributed by atoms with Gasteiger partial charge in [-0.3, -0.25) is 9.69 Å². The molecule has 0 bridgehead atoms. The third-order valence-corrected chi connectivity index (χ3v) is 5.04. The Hall–Kier alpha value is -2.97. The van der Waals surface area contributed by atoms with Crippen LogP contribution < -0.4 is 9.64 Å². The van der Waals surface area contributed by atoms with Crippen molar-refractivity contribution in [3.8, 4) is 5.75 Å². The van der Waals surface area contributed by atoms with Crippen molar-refractivity contribution in [3.63, 3.8) is 0 Å². The summed E-state index contributed by atoms with van der Waals surface area (Å²) in [6.45, 7) is 2.38. The van der Waals surface area contributed by atoms with Crippen molar-refractivity contribution in [2.45, 2.75) is 32.6 Å². The lowest BCUT2D eigenvalue weighted by atomic mass is 10.0. The van der Waals surface area contributed by atoms with Gasteiger partial charge in [0.2, 0.25) is 12.2 Å². The van der Waals surface area contributed by atoms with Crippen LogP contribution in [0.2, 0.25) is 0 Å². The molecule has 8 nitrogen and oxygen atoms in total. The average Bonchev–Trinajstić information content (AvgIpc) is 2.75. The van der Waals surface area contributed by atoms with Crippen molar-refractivity contribution in [2.75, 3.05) is 32.7 Å². The molecular weight excluding hydrogens is 386 g/mol. The number of aromatic nitrogens is 1. The Kier molecular flexibility index (Phi) is 7.02. The Morgan fingerprint density at radius 3 is 2.53 bits per heavy atom. The van der Waals surface area contributed by atoms with Gasteiger partial charge in [-0.15, -0.1) is 0 Å². The van der Waals surface area contributed by atoms with E-state index >= 15 is 0 Å². The maximum absolute atomic E-state index is 12.9. The summed E-state index contributed by atoms with van der Waals surface area (Å²) < 4.78 is 16.4. The number of carbonyl (C=O) groups excluding carboxylic acids is 2. The normalized spacial score (nSPS) is 13.2. The standard InChI is InChI=1S/C22H27N3O5/c1-15(26)24(2)14-17-13-16-9-8-12-25(20(16)23-19(17)21(28-3)29-4)22(27)30-18-10-6-5-7-11-18/h5-7,10-11,13,21H,8-9,12,14H2,1-4H3. The van der Waals surface area contributed by atoms with Crippen LogP contribution in [0, 0.1) is 0 Å². The number of amides is 2. The van der Waals surface area contributed by atoms with Gasteiger partial charge < -0.3 is 19.1 Å². The van der Waals surface area contributed by atoms with Crippen molar-refractivity contribution >= 4 is 17.8 Å². The van der Waals surface area contributed by atoms with E-state index in [4.69, 9.17) is 19.2 Å². The van der Waals surface area contributed by atoms with Crippen molar-refractivity contribution < 1.29 is 23.8 Å². The topological polar surface area (TPSA) is 81.2 Å². The van der Waals surface area contributed by atoms with Gasteiger partial charge in [-0.25, -0.2) is 9.78 Å². The van der Waals surface area contributed by atoms with E-state index < -0.39 is 12.4 Å². The van der Waals surface area contributed by atoms with Gasteiger partial charge in [0, 0.05) is 41.3 Å². The number of aryl methyl sites for hydroxylation is 1. The quantitative estimate of drug-likeness (QED) is 0.676. The molecule has 1 aromatic carbocycles. The second kappa shape index (κ2) is 9.69. The zero-order valence-electron chi connectivity index (χ0n) is 17.8. The van der Waals surface area contributed by atoms with Crippen molar-refractivity contribution in [3.05, 3.63) is 53.2 Å². The first-order chi connectivity index (χ1) is 14.4. The van der Waals surface area contributed by atoms with Crippen LogP contribution in [0.3, 0.4) is 0 Å². The number of anilines is 1. The number of pyridine rings is 1. The molecule has 2 heterocycles. The minimum absolute atomic E-state index is 0.0573. The van der Waals surface area contributed by atoms with Crippen molar-refractivity contribution in [1.82, 2.24) is 9.88 Å². The number of rotatable bonds is 6. The fourth-order valence-corrected chi connectivity index (χ4v) is 3.40. The Labute approximate surface area is 176 Å². The number of hydrogen-bond donors (Lipinski definition) is 0. The number of methoxy groups -OCH3 is 2. The molecule has 8 heteroatoms. The van der Waals surface area contributed by atoms with Crippen molar-refractivity contribution in [1.29, 1.82) is 0 Å². The van der Waals surface area contributed by atoms with Gasteiger partial charge in [0.05, 0.1) is 0 Å². The number of para-hydroxylation sites is 1. The zero-order valence-corrected chi connectivity index (χ0v) is 17.8. The van der Waals surface area contributed by atoms with Gasteiger partial charge in [-0.05, 0) is 42.2 Å². The summed E-state index contributed by atoms with van der Waals surface area (Å²) in [6.07, 6.45) is 0.358. The number of carbonyl (C=O) groups is 2. The molecule has 0 radical (unpaired) electrons. The molecule has 160 valence electrons. The number of ether oxygens (including phenoxy) is 3. The van der Waals surface area contributed by atoms with Crippen LogP contribution in [-0.4, -0.2) is 49.7 Å². The van der Waals surface area contributed by atoms with Gasteiger partial charge >= 0.3 is 6.09 Å². The van der Waals surface area contributed by atoms with Crippen LogP contribution in [0.4, 0.5) is 10.6 Å². The fourth-order valence-electron chi connectivity index (χ4n) is 3.40. The van der Waals surface area contributed by atoms with Crippen LogP contribution in [0.15, 0.2) is 36.4 Å². The van der Waals surface area contributed by atoms with Crippen LogP contribution in [-0.2, 0) is 27.2 Å². The summed E-state index contributed by atoms with van der Waals surface area (Å²) in [5.41, 5.74) is 2.28. The monoisotopic (exact) mass is 413 g/mol. The molecule has 2 aromatic rings. The Morgan fingerprint density at radius 1 is 1.20 bits per heavy atom. The molecule has 3 rings (SSSR count). The molecule has 0 fully saturated rings. The van der Waals surface area contributed by atoms with E-state index in [1.54, 1.807) is 24.1 Å². The van der Waals surface area contributed by atoms with Gasteiger partial charge in [0.1, 0.15) is 17.3 Å². The van der Waals surface area contributed by atoms with Crippen LogP contribution in [0.25, 0.3) is 0 Å². The molecule has 0 aliphatic carbocycles. The lowest BCUT2D eigenvalue weighted by Gasteiger charge is -2.30. The summed E-state index contributed by atoms with van der Waals surface area (Å²) >= 11 is 0. The first kappa shape index (κ1) is 21.7. The van der Waals surface area contributed by atoms with E-state index in [1.165, 1.54) is 26.0 Å². The van der Waals surface area contributed by atoms with Gasteiger partial charge in [-0.1, -0.05) is 18.2 Å². The largest absolute Gasteiger partial charge is 0.420 e. The van der Waals surface area contributed by atoms with E-state index in [9.17, 15) is 9.59 Å². The molecule has 30 heavy (non-hydrogen) atoms. The molecule has 0 spiro atoms. The Morgan fingerprint density at radius 2 is 1.90 bits per heavy atom. The highest BCUT2D eigenvalue weighted by molar-refractivity contribution is 5.89. The summed E-state index contributed by atoms with van der Waals surface area (Å²) in [5, 5.41) is 0. The molecular formula is C22H27N3O5. The maximum Gasteiger partial charge on any atom is 0.420 e. The third-order valence-electron chi connectivity index (χ3n) is 5.04. The molecule has 1 aliphatic rings. The molecule has 1 aromatic heterocycles. The third kappa shape index (κ3) is 4.77. The first-order valence-electron chi connectivity index (χ1n) is 9.79. The number of benzene rings is 1. The van der Waals surface area contributed by atoms with Crippen LogP contribution in [0.1, 0.15) is 36.5 Å². The number of nitrogens with zero attached hydrogens (tertiary/aromatic N) is 3. The highest BCUT2D eigenvalue weighted by Crippen LogP contribution is 2.32. The summed E-state index contributed by atoms with van der Waals surface area (Å²) in [4.78, 5) is 32.5. The predicted molar refractivity (Wildman–Crippen MR) is 111 cm³/mol. The Balaban J connectivity index is 1.98. The van der Waals surface area contributed by atoms with Gasteiger partial charge in [-0.2, -0.15) is 0 Å². The first-order valence-corrected chi connectivity index (χ1v) is 9.79. The fraction of sp³-hybridized carbons (Fsp3) is 0.409. The van der Waals surface area contributed by atoms with Crippen LogP contribution in [0.5, 0.6) is 5.75 Å². The summed E-state index contributed by atoms with van der Waals surface area (Å²) in [6, 6.07) is 10.9. The second-order valence-electron chi connectivity index (χ2n) is 7.13. The molecule has 0 saturated heterocycles. The van der Waals surface area contributed by atoms with E-state index in [-0.39, 0.29) is 5.91 Å². The van der Waals surface area contributed by atoms with E-state index in [0.29, 0.717) is 30.4 Å². The summed E-state index contributed by atoms with van der Waals surface area (Å²) in [5.74, 6) is 0.949. The minimum Gasteiger partial charge on any atom is -0.410 e. The summed E-state index contributed by atoms with van der Waals surface area (Å²) in [7, 11) is 4.77.